The minimum atomic E-state index is -0.526. The highest BCUT2D eigenvalue weighted by Crippen LogP contribution is 2.63. The van der Waals surface area contributed by atoms with Gasteiger partial charge in [-0.15, -0.1) is 11.3 Å². The Morgan fingerprint density at radius 1 is 0.455 bits per heavy atom. The normalized spacial score (nSPS) is 13.4. The third-order valence-electron chi connectivity index (χ3n) is 11.5. The molecule has 3 nitrogen and oxygen atoms in total. The number of aromatic nitrogens is 2. The Bertz CT molecular complexity index is 3150. The molecule has 10 aromatic rings. The number of hydrogen-bond acceptors (Lipinski definition) is 4. The average Bonchev–Trinajstić information content (AvgIpc) is 3.78. The Hall–Kier alpha value is -6.88. The summed E-state index contributed by atoms with van der Waals surface area (Å²) in [6, 6.07) is 65.4. The van der Waals surface area contributed by atoms with Crippen molar-refractivity contribution in [3.63, 3.8) is 0 Å². The molecule has 1 aliphatic carbocycles. The Labute approximate surface area is 321 Å². The molecule has 256 valence electrons. The molecule has 2 aliphatic rings. The maximum Gasteiger partial charge on any atom is 0.160 e. The monoisotopic (exact) mass is 718 g/mol. The predicted octanol–water partition coefficient (Wildman–Crippen LogP) is 13.5. The summed E-state index contributed by atoms with van der Waals surface area (Å²) < 4.78 is 8.92. The lowest BCUT2D eigenvalue weighted by Crippen LogP contribution is -2.32. The smallest absolute Gasteiger partial charge is 0.160 e. The predicted molar refractivity (Wildman–Crippen MR) is 226 cm³/mol. The second-order valence-electron chi connectivity index (χ2n) is 14.4. The number of ether oxygens (including phenoxy) is 1. The van der Waals surface area contributed by atoms with Crippen LogP contribution in [0.4, 0.5) is 0 Å². The topological polar surface area (TPSA) is 35.0 Å². The highest BCUT2D eigenvalue weighted by atomic mass is 32.1. The maximum atomic E-state index is 6.61. The lowest BCUT2D eigenvalue weighted by molar-refractivity contribution is 0.436. The van der Waals surface area contributed by atoms with E-state index in [0.717, 1.165) is 60.9 Å². The van der Waals surface area contributed by atoms with Crippen LogP contribution in [-0.4, -0.2) is 9.97 Å². The second kappa shape index (κ2) is 11.6. The first-order chi connectivity index (χ1) is 27.3. The molecule has 0 radical (unpaired) electrons. The van der Waals surface area contributed by atoms with Crippen molar-refractivity contribution in [1.29, 1.82) is 0 Å². The van der Waals surface area contributed by atoms with E-state index in [9.17, 15) is 0 Å². The van der Waals surface area contributed by atoms with E-state index in [1.54, 1.807) is 11.3 Å². The van der Waals surface area contributed by atoms with Crippen molar-refractivity contribution in [2.24, 2.45) is 0 Å². The van der Waals surface area contributed by atoms with Gasteiger partial charge in [-0.25, -0.2) is 9.97 Å². The van der Waals surface area contributed by atoms with Gasteiger partial charge in [0.25, 0.3) is 0 Å². The van der Waals surface area contributed by atoms with Gasteiger partial charge in [0.15, 0.2) is 5.82 Å². The molecule has 8 aromatic carbocycles. The Morgan fingerprint density at radius 2 is 1.11 bits per heavy atom. The van der Waals surface area contributed by atoms with Gasteiger partial charge in [0.2, 0.25) is 0 Å². The van der Waals surface area contributed by atoms with Crippen LogP contribution in [-0.2, 0) is 5.41 Å². The molecule has 0 atom stereocenters. The molecule has 0 unspecified atom stereocenters. The van der Waals surface area contributed by atoms with Gasteiger partial charge in [-0.05, 0) is 74.5 Å². The van der Waals surface area contributed by atoms with Gasteiger partial charge >= 0.3 is 0 Å². The first-order valence-corrected chi connectivity index (χ1v) is 19.5. The van der Waals surface area contributed by atoms with Crippen LogP contribution in [0, 0.1) is 0 Å². The standard InChI is InChI=1S/C51H30N2OS/c1-2-14-32(15-3-1)50-52-47(49-48(53-50)37-19-6-11-24-45(37)55-49)35-17-12-16-33(29-35)34-26-27-39-38(30-34)46-36-18-5-4-13-31(36)25-28-42(46)51(39)40-20-7-9-22-43(40)54-44-23-10-8-21-41(44)51/h1-30H. The van der Waals surface area contributed by atoms with Gasteiger partial charge in [-0.2, -0.15) is 0 Å². The first kappa shape index (κ1) is 30.6. The summed E-state index contributed by atoms with van der Waals surface area (Å²) in [4.78, 5) is 10.4. The summed E-state index contributed by atoms with van der Waals surface area (Å²) >= 11 is 1.76. The van der Waals surface area contributed by atoms with Crippen LogP contribution in [0.2, 0.25) is 0 Å². The van der Waals surface area contributed by atoms with E-state index in [4.69, 9.17) is 14.7 Å². The summed E-state index contributed by atoms with van der Waals surface area (Å²) in [6.45, 7) is 0. The molecule has 55 heavy (non-hydrogen) atoms. The van der Waals surface area contributed by atoms with Crippen LogP contribution in [0.5, 0.6) is 11.5 Å². The summed E-state index contributed by atoms with van der Waals surface area (Å²) in [5.41, 5.74) is 13.3. The van der Waals surface area contributed by atoms with Gasteiger partial charge in [0.05, 0.1) is 21.3 Å². The van der Waals surface area contributed by atoms with E-state index in [2.05, 4.69) is 164 Å². The number of para-hydroxylation sites is 2. The molecule has 2 aromatic heterocycles. The van der Waals surface area contributed by atoms with E-state index < -0.39 is 5.41 Å². The first-order valence-electron chi connectivity index (χ1n) is 18.7. The van der Waals surface area contributed by atoms with Crippen molar-refractivity contribution in [2.45, 2.75) is 5.41 Å². The van der Waals surface area contributed by atoms with E-state index in [1.807, 2.05) is 18.2 Å². The lowest BCUT2D eigenvalue weighted by atomic mass is 9.66. The van der Waals surface area contributed by atoms with E-state index in [-0.39, 0.29) is 0 Å². The maximum absolute atomic E-state index is 6.61. The molecular weight excluding hydrogens is 689 g/mol. The third kappa shape index (κ3) is 4.31. The number of thiophene rings is 1. The zero-order valence-corrected chi connectivity index (χ0v) is 30.3. The van der Waals surface area contributed by atoms with Crippen molar-refractivity contribution in [3.05, 3.63) is 204 Å². The average molecular weight is 719 g/mol. The third-order valence-corrected chi connectivity index (χ3v) is 12.7. The number of hydrogen-bond donors (Lipinski definition) is 0. The molecule has 0 fully saturated rings. The number of rotatable bonds is 3. The molecule has 3 heterocycles. The van der Waals surface area contributed by atoms with Gasteiger partial charge in [0, 0.05) is 32.3 Å². The molecule has 4 heteroatoms. The molecule has 0 amide bonds. The van der Waals surface area contributed by atoms with E-state index >= 15 is 0 Å². The van der Waals surface area contributed by atoms with Crippen LogP contribution in [0.1, 0.15) is 22.3 Å². The zero-order valence-electron chi connectivity index (χ0n) is 29.5. The van der Waals surface area contributed by atoms with Gasteiger partial charge in [-0.1, -0.05) is 152 Å². The molecule has 0 saturated heterocycles. The second-order valence-corrected chi connectivity index (χ2v) is 15.5. The minimum absolute atomic E-state index is 0.526. The van der Waals surface area contributed by atoms with Crippen LogP contribution in [0.25, 0.3) is 76.0 Å². The number of nitrogens with zero attached hydrogens (tertiary/aromatic N) is 2. The summed E-state index contributed by atoms with van der Waals surface area (Å²) in [6.07, 6.45) is 0. The Balaban J connectivity index is 1.10. The van der Waals surface area contributed by atoms with Crippen molar-refractivity contribution in [2.75, 3.05) is 0 Å². The SMILES string of the molecule is c1ccc(-c2nc(-c3cccc(-c4ccc5c(c4)-c4c(ccc6ccccc46)C54c5ccccc5Oc5ccccc54)c3)c3sc4ccccc4c3n2)cc1. The molecule has 12 rings (SSSR count). The molecule has 1 spiro atoms. The minimum Gasteiger partial charge on any atom is -0.457 e. The van der Waals surface area contributed by atoms with Gasteiger partial charge in [0.1, 0.15) is 11.5 Å². The fourth-order valence-electron chi connectivity index (χ4n) is 9.20. The van der Waals surface area contributed by atoms with Crippen molar-refractivity contribution < 1.29 is 4.74 Å². The van der Waals surface area contributed by atoms with Crippen LogP contribution in [0.3, 0.4) is 0 Å². The van der Waals surface area contributed by atoms with Crippen LogP contribution in [0.15, 0.2) is 182 Å². The van der Waals surface area contributed by atoms with Crippen molar-refractivity contribution >= 4 is 42.4 Å². The van der Waals surface area contributed by atoms with Crippen molar-refractivity contribution in [1.82, 2.24) is 9.97 Å². The summed E-state index contributed by atoms with van der Waals surface area (Å²) in [5, 5.41) is 3.65. The molecule has 0 saturated carbocycles. The molecule has 1 aliphatic heterocycles. The van der Waals surface area contributed by atoms with E-state index in [1.165, 1.54) is 48.9 Å². The fourth-order valence-corrected chi connectivity index (χ4v) is 10.4. The van der Waals surface area contributed by atoms with Gasteiger partial charge in [-0.3, -0.25) is 0 Å². The summed E-state index contributed by atoms with van der Waals surface area (Å²) in [7, 11) is 0. The Kier molecular flexibility index (Phi) is 6.42. The number of benzene rings is 8. The van der Waals surface area contributed by atoms with E-state index in [0.29, 0.717) is 0 Å². The van der Waals surface area contributed by atoms with Crippen molar-refractivity contribution in [3.8, 4) is 56.4 Å². The quantitative estimate of drug-likeness (QED) is 0.182. The lowest BCUT2D eigenvalue weighted by Gasteiger charge is -2.39. The fraction of sp³-hybridized carbons (Fsp3) is 0.0196. The highest BCUT2D eigenvalue weighted by molar-refractivity contribution is 7.26. The zero-order chi connectivity index (χ0) is 36.1. The largest absolute Gasteiger partial charge is 0.457 e. The highest BCUT2D eigenvalue weighted by Gasteiger charge is 2.51. The van der Waals surface area contributed by atoms with Gasteiger partial charge < -0.3 is 4.74 Å². The Morgan fingerprint density at radius 3 is 1.95 bits per heavy atom. The molecule has 0 N–H and O–H groups in total. The molecular formula is C51H30N2OS. The number of fused-ring (bicyclic) bond motifs is 14. The molecule has 0 bridgehead atoms. The van der Waals surface area contributed by atoms with Crippen LogP contribution >= 0.6 is 11.3 Å². The van der Waals surface area contributed by atoms with Crippen LogP contribution < -0.4 is 4.74 Å². The summed E-state index contributed by atoms with van der Waals surface area (Å²) in [5.74, 6) is 2.54.